The standard InChI is InChI=1S/C15H19NO3/c1-10-5-3-4-6-12(10)15(7-8-15)9-16-13(17)11(2)14(18)19/h3-6,11H,7-9H2,1-2H3,(H,16,17)(H,18,19). The summed E-state index contributed by atoms with van der Waals surface area (Å²) in [6.07, 6.45) is 2.08. The van der Waals surface area contributed by atoms with Gasteiger partial charge in [-0.1, -0.05) is 24.3 Å². The van der Waals surface area contributed by atoms with Crippen molar-refractivity contribution in [3.63, 3.8) is 0 Å². The summed E-state index contributed by atoms with van der Waals surface area (Å²) < 4.78 is 0. The monoisotopic (exact) mass is 261 g/mol. The van der Waals surface area contributed by atoms with E-state index in [4.69, 9.17) is 5.11 Å². The minimum absolute atomic E-state index is 0.0131. The third-order valence-corrected chi connectivity index (χ3v) is 3.93. The normalized spacial score (nSPS) is 17.6. The van der Waals surface area contributed by atoms with E-state index >= 15 is 0 Å². The van der Waals surface area contributed by atoms with E-state index in [0.29, 0.717) is 6.54 Å². The number of aryl methyl sites for hydroxylation is 1. The fourth-order valence-electron chi connectivity index (χ4n) is 2.38. The Bertz CT molecular complexity index is 506. The van der Waals surface area contributed by atoms with Gasteiger partial charge in [0.25, 0.3) is 0 Å². The Labute approximate surface area is 112 Å². The summed E-state index contributed by atoms with van der Waals surface area (Å²) in [6, 6.07) is 8.16. The molecule has 1 atom stereocenters. The van der Waals surface area contributed by atoms with Gasteiger partial charge in [0, 0.05) is 12.0 Å². The average Bonchev–Trinajstić information content (AvgIpc) is 3.16. The lowest BCUT2D eigenvalue weighted by atomic mass is 9.91. The average molecular weight is 261 g/mol. The Morgan fingerprint density at radius 2 is 2.00 bits per heavy atom. The van der Waals surface area contributed by atoms with Gasteiger partial charge in [-0.2, -0.15) is 0 Å². The number of carboxylic acids is 1. The van der Waals surface area contributed by atoms with Gasteiger partial charge in [-0.15, -0.1) is 0 Å². The number of carbonyl (C=O) groups is 2. The lowest BCUT2D eigenvalue weighted by Gasteiger charge is -2.19. The highest BCUT2D eigenvalue weighted by Gasteiger charge is 2.45. The third kappa shape index (κ3) is 2.78. The largest absolute Gasteiger partial charge is 0.481 e. The second-order valence-corrected chi connectivity index (χ2v) is 5.37. The van der Waals surface area contributed by atoms with Crippen LogP contribution < -0.4 is 5.32 Å². The topological polar surface area (TPSA) is 66.4 Å². The first kappa shape index (κ1) is 13.6. The van der Waals surface area contributed by atoms with Crippen molar-refractivity contribution in [2.75, 3.05) is 6.54 Å². The Morgan fingerprint density at radius 3 is 2.53 bits per heavy atom. The fourth-order valence-corrected chi connectivity index (χ4v) is 2.38. The van der Waals surface area contributed by atoms with Crippen LogP contribution in [0.2, 0.25) is 0 Å². The molecule has 1 aromatic rings. The zero-order valence-corrected chi connectivity index (χ0v) is 11.3. The van der Waals surface area contributed by atoms with Gasteiger partial charge in [0.2, 0.25) is 5.91 Å². The fraction of sp³-hybridized carbons (Fsp3) is 0.467. The maximum atomic E-state index is 11.7. The molecule has 0 saturated heterocycles. The van der Waals surface area contributed by atoms with Gasteiger partial charge in [0.1, 0.15) is 5.92 Å². The molecule has 1 amide bonds. The van der Waals surface area contributed by atoms with Gasteiger partial charge in [-0.3, -0.25) is 9.59 Å². The van der Waals surface area contributed by atoms with Crippen molar-refractivity contribution in [2.45, 2.75) is 32.1 Å². The number of nitrogens with one attached hydrogen (secondary N) is 1. The highest BCUT2D eigenvalue weighted by molar-refractivity contribution is 5.96. The van der Waals surface area contributed by atoms with E-state index in [2.05, 4.69) is 24.4 Å². The molecule has 2 rings (SSSR count). The molecule has 2 N–H and O–H groups in total. The number of rotatable bonds is 5. The summed E-state index contributed by atoms with van der Waals surface area (Å²) >= 11 is 0. The van der Waals surface area contributed by atoms with Crippen LogP contribution in [0.1, 0.15) is 30.9 Å². The summed E-state index contributed by atoms with van der Waals surface area (Å²) in [5.74, 6) is -2.49. The van der Waals surface area contributed by atoms with Gasteiger partial charge >= 0.3 is 5.97 Å². The molecule has 1 aliphatic rings. The summed E-state index contributed by atoms with van der Waals surface area (Å²) in [5, 5.41) is 11.6. The Hall–Kier alpha value is -1.84. The highest BCUT2D eigenvalue weighted by Crippen LogP contribution is 2.48. The Kier molecular flexibility index (Phi) is 3.60. The number of benzene rings is 1. The predicted molar refractivity (Wildman–Crippen MR) is 71.9 cm³/mol. The first-order chi connectivity index (χ1) is 8.96. The molecule has 1 unspecified atom stereocenters. The van der Waals surface area contributed by atoms with E-state index in [1.807, 2.05) is 12.1 Å². The number of hydrogen-bond donors (Lipinski definition) is 2. The summed E-state index contributed by atoms with van der Waals surface area (Å²) in [5.41, 5.74) is 2.50. The molecule has 102 valence electrons. The van der Waals surface area contributed by atoms with Gasteiger partial charge in [-0.05, 0) is 37.8 Å². The molecule has 19 heavy (non-hydrogen) atoms. The number of hydrogen-bond acceptors (Lipinski definition) is 2. The lowest BCUT2D eigenvalue weighted by molar-refractivity contribution is -0.146. The zero-order chi connectivity index (χ0) is 14.0. The second kappa shape index (κ2) is 5.03. The third-order valence-electron chi connectivity index (χ3n) is 3.93. The molecule has 1 saturated carbocycles. The van der Waals surface area contributed by atoms with Crippen LogP contribution in [0.15, 0.2) is 24.3 Å². The lowest BCUT2D eigenvalue weighted by Crippen LogP contribution is -2.38. The smallest absolute Gasteiger partial charge is 0.315 e. The second-order valence-electron chi connectivity index (χ2n) is 5.37. The molecule has 4 nitrogen and oxygen atoms in total. The van der Waals surface area contributed by atoms with Crippen LogP contribution in [-0.4, -0.2) is 23.5 Å². The quantitative estimate of drug-likeness (QED) is 0.795. The van der Waals surface area contributed by atoms with Crippen LogP contribution in [0, 0.1) is 12.8 Å². The number of amides is 1. The van der Waals surface area contributed by atoms with E-state index < -0.39 is 17.8 Å². The minimum atomic E-state index is -1.08. The molecule has 0 heterocycles. The van der Waals surface area contributed by atoms with Crippen molar-refractivity contribution in [2.24, 2.45) is 5.92 Å². The summed E-state index contributed by atoms with van der Waals surface area (Å²) in [6.45, 7) is 4.00. The maximum absolute atomic E-state index is 11.7. The number of carboxylic acid groups (broad SMARTS) is 1. The van der Waals surface area contributed by atoms with E-state index in [9.17, 15) is 9.59 Å². The molecule has 0 aromatic heterocycles. The molecule has 1 aliphatic carbocycles. The maximum Gasteiger partial charge on any atom is 0.315 e. The van der Waals surface area contributed by atoms with Crippen molar-refractivity contribution < 1.29 is 14.7 Å². The molecule has 0 aliphatic heterocycles. The van der Waals surface area contributed by atoms with Crippen molar-refractivity contribution in [3.05, 3.63) is 35.4 Å². The van der Waals surface area contributed by atoms with Gasteiger partial charge in [-0.25, -0.2) is 0 Å². The van der Waals surface area contributed by atoms with Crippen LogP contribution in [0.5, 0.6) is 0 Å². The Morgan fingerprint density at radius 1 is 1.37 bits per heavy atom. The molecule has 1 fully saturated rings. The molecule has 1 aromatic carbocycles. The molecule has 0 bridgehead atoms. The molecular formula is C15H19NO3. The summed E-state index contributed by atoms with van der Waals surface area (Å²) in [4.78, 5) is 22.4. The Balaban J connectivity index is 2.02. The zero-order valence-electron chi connectivity index (χ0n) is 11.3. The summed E-state index contributed by atoms with van der Waals surface area (Å²) in [7, 11) is 0. The van der Waals surface area contributed by atoms with Crippen molar-refractivity contribution >= 4 is 11.9 Å². The van der Waals surface area contributed by atoms with Crippen LogP contribution in [0.3, 0.4) is 0 Å². The minimum Gasteiger partial charge on any atom is -0.481 e. The predicted octanol–water partition coefficient (Wildman–Crippen LogP) is 1.86. The van der Waals surface area contributed by atoms with Crippen molar-refractivity contribution in [1.82, 2.24) is 5.32 Å². The van der Waals surface area contributed by atoms with Crippen LogP contribution in [0.4, 0.5) is 0 Å². The van der Waals surface area contributed by atoms with E-state index in [-0.39, 0.29) is 5.41 Å². The van der Waals surface area contributed by atoms with E-state index in [1.165, 1.54) is 18.1 Å². The molecular weight excluding hydrogens is 242 g/mol. The van der Waals surface area contributed by atoms with Crippen molar-refractivity contribution in [3.8, 4) is 0 Å². The van der Waals surface area contributed by atoms with Crippen LogP contribution in [0.25, 0.3) is 0 Å². The molecule has 0 radical (unpaired) electrons. The van der Waals surface area contributed by atoms with Gasteiger partial charge in [0.15, 0.2) is 0 Å². The van der Waals surface area contributed by atoms with Crippen LogP contribution in [-0.2, 0) is 15.0 Å². The highest BCUT2D eigenvalue weighted by atomic mass is 16.4. The van der Waals surface area contributed by atoms with Crippen LogP contribution >= 0.6 is 0 Å². The molecule has 0 spiro atoms. The first-order valence-corrected chi connectivity index (χ1v) is 6.53. The van der Waals surface area contributed by atoms with E-state index in [1.54, 1.807) is 0 Å². The van der Waals surface area contributed by atoms with Crippen molar-refractivity contribution in [1.29, 1.82) is 0 Å². The first-order valence-electron chi connectivity index (χ1n) is 6.53. The van der Waals surface area contributed by atoms with E-state index in [0.717, 1.165) is 12.8 Å². The number of carbonyl (C=O) groups excluding carboxylic acids is 1. The van der Waals surface area contributed by atoms with Gasteiger partial charge in [0.05, 0.1) is 0 Å². The van der Waals surface area contributed by atoms with Gasteiger partial charge < -0.3 is 10.4 Å². The number of aliphatic carboxylic acids is 1. The molecule has 4 heteroatoms. The SMILES string of the molecule is Cc1ccccc1C1(CNC(=O)C(C)C(=O)O)CC1.